The third-order valence-electron chi connectivity index (χ3n) is 2.22. The molecule has 1 unspecified atom stereocenters. The van der Waals surface area contributed by atoms with E-state index in [1.807, 2.05) is 0 Å². The van der Waals surface area contributed by atoms with Gasteiger partial charge in [0.25, 0.3) is 5.92 Å². The SMILES string of the molecule is C=CCN1CCC(C#N)C(F)(F)C1. The van der Waals surface area contributed by atoms with Crippen LogP contribution in [0.5, 0.6) is 0 Å². The molecule has 0 radical (unpaired) electrons. The van der Waals surface area contributed by atoms with E-state index in [1.165, 1.54) is 0 Å². The molecule has 4 heteroatoms. The van der Waals surface area contributed by atoms with Crippen LogP contribution in [0.15, 0.2) is 12.7 Å². The van der Waals surface area contributed by atoms with Gasteiger partial charge in [-0.1, -0.05) is 6.08 Å². The summed E-state index contributed by atoms with van der Waals surface area (Å²) in [5.74, 6) is -3.98. The molecule has 1 heterocycles. The smallest absolute Gasteiger partial charge is 0.276 e. The topological polar surface area (TPSA) is 27.0 Å². The highest BCUT2D eigenvalue weighted by molar-refractivity contribution is 4.99. The summed E-state index contributed by atoms with van der Waals surface area (Å²) < 4.78 is 26.3. The molecule has 0 saturated carbocycles. The average molecular weight is 186 g/mol. The molecule has 2 nitrogen and oxygen atoms in total. The van der Waals surface area contributed by atoms with E-state index in [9.17, 15) is 8.78 Å². The first kappa shape index (κ1) is 10.1. The summed E-state index contributed by atoms with van der Waals surface area (Å²) in [5.41, 5.74) is 0. The van der Waals surface area contributed by atoms with Crippen molar-refractivity contribution in [3.05, 3.63) is 12.7 Å². The zero-order chi connectivity index (χ0) is 9.90. The fourth-order valence-electron chi connectivity index (χ4n) is 1.51. The van der Waals surface area contributed by atoms with Crippen molar-refractivity contribution in [1.82, 2.24) is 4.90 Å². The second-order valence-electron chi connectivity index (χ2n) is 3.26. The Morgan fingerprint density at radius 3 is 2.85 bits per heavy atom. The van der Waals surface area contributed by atoms with Crippen LogP contribution >= 0.6 is 0 Å². The van der Waals surface area contributed by atoms with E-state index < -0.39 is 11.8 Å². The molecule has 1 atom stereocenters. The van der Waals surface area contributed by atoms with E-state index >= 15 is 0 Å². The first-order valence-corrected chi connectivity index (χ1v) is 4.21. The Kier molecular flexibility index (Phi) is 2.99. The molecule has 0 spiro atoms. The van der Waals surface area contributed by atoms with Gasteiger partial charge < -0.3 is 0 Å². The van der Waals surface area contributed by atoms with E-state index in [0.29, 0.717) is 13.1 Å². The number of hydrogen-bond acceptors (Lipinski definition) is 2. The van der Waals surface area contributed by atoms with Crippen LogP contribution in [-0.2, 0) is 0 Å². The molecule has 0 N–H and O–H groups in total. The minimum atomic E-state index is -2.87. The molecule has 0 aromatic rings. The van der Waals surface area contributed by atoms with Crippen molar-refractivity contribution < 1.29 is 8.78 Å². The number of likely N-dealkylation sites (tertiary alicyclic amines) is 1. The van der Waals surface area contributed by atoms with Crippen molar-refractivity contribution >= 4 is 0 Å². The van der Waals surface area contributed by atoms with E-state index in [4.69, 9.17) is 5.26 Å². The van der Waals surface area contributed by atoms with Crippen LogP contribution in [0.3, 0.4) is 0 Å². The summed E-state index contributed by atoms with van der Waals surface area (Å²) in [6, 6.07) is 1.65. The molecule has 1 fully saturated rings. The maximum Gasteiger partial charge on any atom is 0.276 e. The van der Waals surface area contributed by atoms with E-state index in [1.54, 1.807) is 17.0 Å². The van der Waals surface area contributed by atoms with Crippen molar-refractivity contribution in [3.63, 3.8) is 0 Å². The highest BCUT2D eigenvalue weighted by atomic mass is 19.3. The van der Waals surface area contributed by atoms with Crippen LogP contribution in [0.25, 0.3) is 0 Å². The van der Waals surface area contributed by atoms with Gasteiger partial charge in [0.15, 0.2) is 0 Å². The van der Waals surface area contributed by atoms with Gasteiger partial charge >= 0.3 is 0 Å². The lowest BCUT2D eigenvalue weighted by atomic mass is 9.94. The quantitative estimate of drug-likeness (QED) is 0.613. The molecule has 72 valence electrons. The molecule has 0 amide bonds. The molecule has 1 rings (SSSR count). The highest BCUT2D eigenvalue weighted by Gasteiger charge is 2.44. The van der Waals surface area contributed by atoms with Gasteiger partial charge in [0.05, 0.1) is 12.6 Å². The van der Waals surface area contributed by atoms with Gasteiger partial charge in [-0.2, -0.15) is 5.26 Å². The Bertz CT molecular complexity index is 232. The minimum absolute atomic E-state index is 0.247. The molecule has 0 aromatic heterocycles. The molecule has 0 aliphatic carbocycles. The van der Waals surface area contributed by atoms with Gasteiger partial charge in [0, 0.05) is 13.1 Å². The van der Waals surface area contributed by atoms with Crippen LogP contribution in [0.1, 0.15) is 6.42 Å². The fourth-order valence-corrected chi connectivity index (χ4v) is 1.51. The van der Waals surface area contributed by atoms with Gasteiger partial charge in [-0.15, -0.1) is 6.58 Å². The maximum absolute atomic E-state index is 13.1. The second kappa shape index (κ2) is 3.84. The van der Waals surface area contributed by atoms with Gasteiger partial charge in [0.2, 0.25) is 0 Å². The number of rotatable bonds is 2. The summed E-state index contributed by atoms with van der Waals surface area (Å²) in [5, 5.41) is 8.47. The largest absolute Gasteiger partial charge is 0.294 e. The van der Waals surface area contributed by atoms with Crippen LogP contribution in [0, 0.1) is 17.2 Å². The van der Waals surface area contributed by atoms with E-state index in [2.05, 4.69) is 6.58 Å². The predicted octanol–water partition coefficient (Wildman–Crippen LogP) is 1.65. The number of alkyl halides is 2. The normalized spacial score (nSPS) is 27.9. The number of piperidine rings is 1. The number of hydrogen-bond donors (Lipinski definition) is 0. The Morgan fingerprint density at radius 1 is 1.69 bits per heavy atom. The fraction of sp³-hybridized carbons (Fsp3) is 0.667. The second-order valence-corrected chi connectivity index (χ2v) is 3.26. The molecule has 1 aliphatic rings. The molecule has 1 aliphatic heterocycles. The van der Waals surface area contributed by atoms with Crippen LogP contribution in [-0.4, -0.2) is 30.5 Å². The summed E-state index contributed by atoms with van der Waals surface area (Å²) in [4.78, 5) is 1.61. The average Bonchev–Trinajstić information content (AvgIpc) is 2.03. The summed E-state index contributed by atoms with van der Waals surface area (Å²) in [6.45, 7) is 4.19. The van der Waals surface area contributed by atoms with Crippen molar-refractivity contribution in [2.24, 2.45) is 5.92 Å². The first-order valence-electron chi connectivity index (χ1n) is 4.21. The maximum atomic E-state index is 13.1. The van der Waals surface area contributed by atoms with Crippen molar-refractivity contribution in [2.45, 2.75) is 12.3 Å². The standard InChI is InChI=1S/C9H12F2N2/c1-2-4-13-5-3-8(6-12)9(10,11)7-13/h2,8H,1,3-5,7H2. The lowest BCUT2D eigenvalue weighted by Crippen LogP contribution is -2.48. The molecular weight excluding hydrogens is 174 g/mol. The van der Waals surface area contributed by atoms with Crippen LogP contribution in [0.2, 0.25) is 0 Å². The summed E-state index contributed by atoms with van der Waals surface area (Å²) in [6.07, 6.45) is 1.85. The predicted molar refractivity (Wildman–Crippen MR) is 45.3 cm³/mol. The first-order chi connectivity index (χ1) is 6.10. The summed E-state index contributed by atoms with van der Waals surface area (Å²) in [7, 11) is 0. The molecule has 1 saturated heterocycles. The molecule has 0 aromatic carbocycles. The number of halogens is 2. The summed E-state index contributed by atoms with van der Waals surface area (Å²) >= 11 is 0. The Labute approximate surface area is 76.4 Å². The van der Waals surface area contributed by atoms with Gasteiger partial charge in [0.1, 0.15) is 5.92 Å². The zero-order valence-corrected chi connectivity index (χ0v) is 7.34. The van der Waals surface area contributed by atoms with Gasteiger partial charge in [-0.05, 0) is 6.42 Å². The van der Waals surface area contributed by atoms with Gasteiger partial charge in [-0.25, -0.2) is 8.78 Å². The van der Waals surface area contributed by atoms with Gasteiger partial charge in [-0.3, -0.25) is 4.90 Å². The minimum Gasteiger partial charge on any atom is -0.294 e. The number of nitrogens with zero attached hydrogens (tertiary/aromatic N) is 2. The Morgan fingerprint density at radius 2 is 2.38 bits per heavy atom. The number of nitriles is 1. The van der Waals surface area contributed by atoms with Crippen molar-refractivity contribution in [1.29, 1.82) is 5.26 Å². The molecular formula is C9H12F2N2. The van der Waals surface area contributed by atoms with Crippen molar-refractivity contribution in [2.75, 3.05) is 19.6 Å². The van der Waals surface area contributed by atoms with E-state index in [-0.39, 0.29) is 13.0 Å². The molecule has 13 heavy (non-hydrogen) atoms. The third kappa shape index (κ3) is 2.25. The third-order valence-corrected chi connectivity index (χ3v) is 2.22. The van der Waals surface area contributed by atoms with Crippen molar-refractivity contribution in [3.8, 4) is 6.07 Å². The van der Waals surface area contributed by atoms with Crippen LogP contribution < -0.4 is 0 Å². The monoisotopic (exact) mass is 186 g/mol. The lowest BCUT2D eigenvalue weighted by molar-refractivity contribution is -0.0892. The Balaban J connectivity index is 2.59. The highest BCUT2D eigenvalue weighted by Crippen LogP contribution is 2.31. The zero-order valence-electron chi connectivity index (χ0n) is 7.34. The van der Waals surface area contributed by atoms with Crippen LogP contribution in [0.4, 0.5) is 8.78 Å². The lowest BCUT2D eigenvalue weighted by Gasteiger charge is -2.34. The molecule has 0 bridgehead atoms. The van der Waals surface area contributed by atoms with E-state index in [0.717, 1.165) is 0 Å². The Hall–Kier alpha value is -0.950.